The van der Waals surface area contributed by atoms with Crippen molar-refractivity contribution in [3.8, 4) is 0 Å². The van der Waals surface area contributed by atoms with Crippen LogP contribution in [0.3, 0.4) is 0 Å². The van der Waals surface area contributed by atoms with E-state index in [1.54, 1.807) is 0 Å². The predicted molar refractivity (Wildman–Crippen MR) is 77.4 cm³/mol. The van der Waals surface area contributed by atoms with Gasteiger partial charge in [-0.3, -0.25) is 0 Å². The number of rotatable bonds is 11. The molecule has 0 saturated heterocycles. The van der Waals surface area contributed by atoms with Crippen LogP contribution in [0.2, 0.25) is 0 Å². The van der Waals surface area contributed by atoms with Crippen molar-refractivity contribution in [1.82, 2.24) is 0 Å². The van der Waals surface area contributed by atoms with Crippen LogP contribution in [-0.2, 0) is 27.2 Å². The maximum atomic E-state index is 5.56. The summed E-state index contributed by atoms with van der Waals surface area (Å²) in [6.07, 6.45) is 2.13. The molecule has 0 aliphatic rings. The second-order valence-electron chi connectivity index (χ2n) is 4.45. The fraction of sp³-hybridized carbons (Fsp3) is 0.625. The molecule has 0 aliphatic heterocycles. The molecule has 1 aromatic rings. The third-order valence-electron chi connectivity index (χ3n) is 2.79. The van der Waals surface area contributed by atoms with Crippen molar-refractivity contribution >= 4 is 0 Å². The lowest BCUT2D eigenvalue weighted by atomic mass is 10.1. The van der Waals surface area contributed by atoms with Crippen molar-refractivity contribution in [2.24, 2.45) is 0 Å². The first-order valence-electron chi connectivity index (χ1n) is 7.17. The fourth-order valence-electron chi connectivity index (χ4n) is 1.65. The molecule has 3 nitrogen and oxygen atoms in total. The number of benzene rings is 1. The Kier molecular flexibility index (Phi) is 9.33. The van der Waals surface area contributed by atoms with Gasteiger partial charge in [-0.15, -0.1) is 0 Å². The minimum absolute atomic E-state index is 0.628. The van der Waals surface area contributed by atoms with Gasteiger partial charge in [0.1, 0.15) is 0 Å². The average Bonchev–Trinajstić information content (AvgIpc) is 2.46. The van der Waals surface area contributed by atoms with Gasteiger partial charge in [0.25, 0.3) is 0 Å². The Hall–Kier alpha value is -0.900. The van der Waals surface area contributed by atoms with Crippen molar-refractivity contribution in [2.45, 2.75) is 33.3 Å². The molecule has 0 bridgehead atoms. The van der Waals surface area contributed by atoms with Gasteiger partial charge in [0.05, 0.1) is 33.0 Å². The second-order valence-corrected chi connectivity index (χ2v) is 4.45. The Morgan fingerprint density at radius 2 is 1.21 bits per heavy atom. The summed E-state index contributed by atoms with van der Waals surface area (Å²) in [5.74, 6) is 0. The van der Waals surface area contributed by atoms with Crippen LogP contribution < -0.4 is 0 Å². The highest BCUT2D eigenvalue weighted by Gasteiger charge is 1.95. The smallest absolute Gasteiger partial charge is 0.0718 e. The Balaban J connectivity index is 1.95. The number of hydrogen-bond acceptors (Lipinski definition) is 3. The van der Waals surface area contributed by atoms with Crippen LogP contribution in [0.15, 0.2) is 24.3 Å². The first-order chi connectivity index (χ1) is 9.36. The summed E-state index contributed by atoms with van der Waals surface area (Å²) in [7, 11) is 0. The summed E-state index contributed by atoms with van der Waals surface area (Å²) >= 11 is 0. The lowest BCUT2D eigenvalue weighted by molar-refractivity contribution is 0.0107. The van der Waals surface area contributed by atoms with Gasteiger partial charge in [-0.05, 0) is 24.0 Å². The quantitative estimate of drug-likeness (QED) is 0.576. The van der Waals surface area contributed by atoms with Crippen molar-refractivity contribution in [1.29, 1.82) is 0 Å². The number of aryl methyl sites for hydroxylation is 1. The van der Waals surface area contributed by atoms with Crippen LogP contribution in [0.4, 0.5) is 0 Å². The highest BCUT2D eigenvalue weighted by molar-refractivity contribution is 5.21. The summed E-state index contributed by atoms with van der Waals surface area (Å²) in [5.41, 5.74) is 2.57. The maximum absolute atomic E-state index is 5.56. The number of hydrogen-bond donors (Lipinski definition) is 0. The van der Waals surface area contributed by atoms with Gasteiger partial charge in [-0.25, -0.2) is 0 Å². The van der Waals surface area contributed by atoms with E-state index in [1.807, 2.05) is 0 Å². The van der Waals surface area contributed by atoms with Crippen LogP contribution in [-0.4, -0.2) is 33.0 Å². The summed E-state index contributed by atoms with van der Waals surface area (Å²) in [6, 6.07) is 8.55. The average molecular weight is 266 g/mol. The Bertz CT molecular complexity index is 308. The molecule has 0 aromatic heterocycles. The van der Waals surface area contributed by atoms with E-state index in [9.17, 15) is 0 Å². The van der Waals surface area contributed by atoms with Gasteiger partial charge in [-0.1, -0.05) is 38.1 Å². The summed E-state index contributed by atoms with van der Waals surface area (Å²) in [5, 5.41) is 0. The molecule has 0 radical (unpaired) electrons. The standard InChI is InChI=1S/C16H26O3/c1-3-9-17-10-11-18-12-13-19-14-16-7-5-15(4-2)6-8-16/h5-8H,3-4,9-14H2,1-2H3. The second kappa shape index (κ2) is 11.0. The third-order valence-corrected chi connectivity index (χ3v) is 2.79. The van der Waals surface area contributed by atoms with E-state index in [4.69, 9.17) is 14.2 Å². The fourth-order valence-corrected chi connectivity index (χ4v) is 1.65. The molecule has 0 atom stereocenters. The van der Waals surface area contributed by atoms with Crippen molar-refractivity contribution in [3.63, 3.8) is 0 Å². The summed E-state index contributed by atoms with van der Waals surface area (Å²) in [4.78, 5) is 0. The lowest BCUT2D eigenvalue weighted by Gasteiger charge is -2.07. The molecule has 3 heteroatoms. The number of ether oxygens (including phenoxy) is 3. The lowest BCUT2D eigenvalue weighted by Crippen LogP contribution is -2.09. The molecule has 1 rings (SSSR count). The SMILES string of the molecule is CCCOCCOCCOCc1ccc(CC)cc1. The molecular formula is C16H26O3. The van der Waals surface area contributed by atoms with Gasteiger partial charge in [0, 0.05) is 6.61 Å². The van der Waals surface area contributed by atoms with Crippen molar-refractivity contribution < 1.29 is 14.2 Å². The van der Waals surface area contributed by atoms with Gasteiger partial charge < -0.3 is 14.2 Å². The van der Waals surface area contributed by atoms with E-state index in [1.165, 1.54) is 11.1 Å². The predicted octanol–water partition coefficient (Wildman–Crippen LogP) is 3.21. The van der Waals surface area contributed by atoms with E-state index >= 15 is 0 Å². The molecule has 0 N–H and O–H groups in total. The Labute approximate surface area is 116 Å². The molecule has 0 amide bonds. The Morgan fingerprint density at radius 3 is 1.79 bits per heavy atom. The monoisotopic (exact) mass is 266 g/mol. The minimum Gasteiger partial charge on any atom is -0.379 e. The largest absolute Gasteiger partial charge is 0.379 e. The van der Waals surface area contributed by atoms with E-state index in [0.717, 1.165) is 19.4 Å². The van der Waals surface area contributed by atoms with Gasteiger partial charge in [0.15, 0.2) is 0 Å². The van der Waals surface area contributed by atoms with Crippen LogP contribution in [0.25, 0.3) is 0 Å². The minimum atomic E-state index is 0.628. The van der Waals surface area contributed by atoms with Crippen molar-refractivity contribution in [2.75, 3.05) is 33.0 Å². The zero-order chi connectivity index (χ0) is 13.8. The molecule has 0 fully saturated rings. The van der Waals surface area contributed by atoms with E-state index in [-0.39, 0.29) is 0 Å². The van der Waals surface area contributed by atoms with Crippen LogP contribution in [0, 0.1) is 0 Å². The van der Waals surface area contributed by atoms with Gasteiger partial charge in [-0.2, -0.15) is 0 Å². The molecule has 108 valence electrons. The molecule has 1 aromatic carbocycles. The topological polar surface area (TPSA) is 27.7 Å². The molecule has 0 spiro atoms. The molecule has 0 saturated carbocycles. The maximum Gasteiger partial charge on any atom is 0.0718 e. The third kappa shape index (κ3) is 7.98. The molecule has 0 heterocycles. The molecule has 0 unspecified atom stereocenters. The first kappa shape index (κ1) is 16.2. The highest BCUT2D eigenvalue weighted by atomic mass is 16.5. The zero-order valence-corrected chi connectivity index (χ0v) is 12.2. The van der Waals surface area contributed by atoms with Gasteiger partial charge in [0.2, 0.25) is 0 Å². The van der Waals surface area contributed by atoms with E-state index < -0.39 is 0 Å². The van der Waals surface area contributed by atoms with E-state index in [2.05, 4.69) is 38.1 Å². The molecule has 19 heavy (non-hydrogen) atoms. The highest BCUT2D eigenvalue weighted by Crippen LogP contribution is 2.06. The normalized spacial score (nSPS) is 10.8. The van der Waals surface area contributed by atoms with Crippen molar-refractivity contribution in [3.05, 3.63) is 35.4 Å². The first-order valence-corrected chi connectivity index (χ1v) is 7.17. The Morgan fingerprint density at radius 1 is 0.684 bits per heavy atom. The van der Waals surface area contributed by atoms with Crippen LogP contribution in [0.5, 0.6) is 0 Å². The van der Waals surface area contributed by atoms with Crippen LogP contribution >= 0.6 is 0 Å². The summed E-state index contributed by atoms with van der Waals surface area (Å²) < 4.78 is 16.3. The molecule has 0 aliphatic carbocycles. The summed E-state index contributed by atoms with van der Waals surface area (Å²) in [6.45, 7) is 8.30. The van der Waals surface area contributed by atoms with E-state index in [0.29, 0.717) is 33.0 Å². The molecular weight excluding hydrogens is 240 g/mol. The van der Waals surface area contributed by atoms with Gasteiger partial charge >= 0.3 is 0 Å². The van der Waals surface area contributed by atoms with Crippen LogP contribution in [0.1, 0.15) is 31.4 Å². The zero-order valence-electron chi connectivity index (χ0n) is 12.2.